The standard InChI is InChI=1S/C12H13N5O4/c1-2-16-7-14-15-10(16)6-13-11-8(12(18)19)4-3-5-9(11)17(20)21/h3-5,7,13H,2,6H2,1H3,(H,18,19). The lowest BCUT2D eigenvalue weighted by Crippen LogP contribution is -2.12. The van der Waals surface area contributed by atoms with Crippen molar-refractivity contribution in [1.82, 2.24) is 14.8 Å². The third-order valence-corrected chi connectivity index (χ3v) is 2.93. The number of nitrogens with one attached hydrogen (secondary N) is 1. The fourth-order valence-electron chi connectivity index (χ4n) is 1.90. The summed E-state index contributed by atoms with van der Waals surface area (Å²) in [5, 5.41) is 30.6. The van der Waals surface area contributed by atoms with E-state index < -0.39 is 10.9 Å². The van der Waals surface area contributed by atoms with Gasteiger partial charge in [-0.15, -0.1) is 10.2 Å². The molecule has 0 radical (unpaired) electrons. The van der Waals surface area contributed by atoms with Gasteiger partial charge in [-0.3, -0.25) is 10.1 Å². The number of nitro benzene ring substituents is 1. The van der Waals surface area contributed by atoms with Crippen molar-refractivity contribution in [3.63, 3.8) is 0 Å². The Morgan fingerprint density at radius 2 is 2.29 bits per heavy atom. The van der Waals surface area contributed by atoms with Crippen LogP contribution in [0.4, 0.5) is 11.4 Å². The molecule has 0 saturated heterocycles. The lowest BCUT2D eigenvalue weighted by molar-refractivity contribution is -0.384. The summed E-state index contributed by atoms with van der Waals surface area (Å²) < 4.78 is 1.75. The Balaban J connectivity index is 2.34. The largest absolute Gasteiger partial charge is 0.478 e. The zero-order valence-corrected chi connectivity index (χ0v) is 11.2. The number of nitro groups is 1. The Bertz CT molecular complexity index is 650. The summed E-state index contributed by atoms with van der Waals surface area (Å²) in [6.07, 6.45) is 1.54. The van der Waals surface area contributed by atoms with Gasteiger partial charge in [-0.2, -0.15) is 0 Å². The average molecular weight is 291 g/mol. The molecule has 21 heavy (non-hydrogen) atoms. The Morgan fingerprint density at radius 3 is 2.90 bits per heavy atom. The smallest absolute Gasteiger partial charge is 0.338 e. The van der Waals surface area contributed by atoms with Crippen molar-refractivity contribution < 1.29 is 14.8 Å². The lowest BCUT2D eigenvalue weighted by atomic mass is 10.1. The summed E-state index contributed by atoms with van der Waals surface area (Å²) in [7, 11) is 0. The first-order valence-electron chi connectivity index (χ1n) is 6.15. The number of aromatic carboxylic acids is 1. The van der Waals surface area contributed by atoms with Crippen molar-refractivity contribution in [3.05, 3.63) is 46.0 Å². The van der Waals surface area contributed by atoms with Crippen molar-refractivity contribution in [2.75, 3.05) is 5.32 Å². The van der Waals surface area contributed by atoms with Crippen molar-refractivity contribution in [1.29, 1.82) is 0 Å². The highest BCUT2D eigenvalue weighted by Gasteiger charge is 2.21. The third-order valence-electron chi connectivity index (χ3n) is 2.93. The first-order valence-corrected chi connectivity index (χ1v) is 6.15. The number of carboxylic acid groups (broad SMARTS) is 1. The molecule has 2 N–H and O–H groups in total. The van der Waals surface area contributed by atoms with E-state index >= 15 is 0 Å². The number of benzene rings is 1. The average Bonchev–Trinajstić information content (AvgIpc) is 2.91. The van der Waals surface area contributed by atoms with Gasteiger partial charge in [0, 0.05) is 12.6 Å². The maximum absolute atomic E-state index is 11.2. The summed E-state index contributed by atoms with van der Waals surface area (Å²) in [5.41, 5.74) is -0.495. The molecule has 1 aromatic carbocycles. The van der Waals surface area contributed by atoms with Crippen LogP contribution in [0.25, 0.3) is 0 Å². The normalized spacial score (nSPS) is 10.3. The highest BCUT2D eigenvalue weighted by atomic mass is 16.6. The Labute approximate surface area is 119 Å². The van der Waals surface area contributed by atoms with Gasteiger partial charge in [0.15, 0.2) is 5.82 Å². The van der Waals surface area contributed by atoms with Gasteiger partial charge in [0.2, 0.25) is 0 Å². The van der Waals surface area contributed by atoms with Crippen LogP contribution in [0.3, 0.4) is 0 Å². The minimum atomic E-state index is -1.24. The summed E-state index contributed by atoms with van der Waals surface area (Å²) >= 11 is 0. The van der Waals surface area contributed by atoms with Gasteiger partial charge in [0.25, 0.3) is 5.69 Å². The number of anilines is 1. The van der Waals surface area contributed by atoms with Crippen molar-refractivity contribution in [2.24, 2.45) is 0 Å². The number of hydrogen-bond donors (Lipinski definition) is 2. The van der Waals surface area contributed by atoms with E-state index in [2.05, 4.69) is 15.5 Å². The molecule has 0 aliphatic rings. The van der Waals surface area contributed by atoms with E-state index in [4.69, 9.17) is 5.11 Å². The molecule has 0 aliphatic carbocycles. The molecule has 9 nitrogen and oxygen atoms in total. The highest BCUT2D eigenvalue weighted by molar-refractivity contribution is 5.96. The van der Waals surface area contributed by atoms with Crippen LogP contribution in [0.2, 0.25) is 0 Å². The van der Waals surface area contributed by atoms with Crippen LogP contribution >= 0.6 is 0 Å². The molecule has 0 unspecified atom stereocenters. The SMILES string of the molecule is CCn1cnnc1CNc1c(C(=O)O)cccc1[N+](=O)[O-]. The molecule has 0 spiro atoms. The zero-order valence-electron chi connectivity index (χ0n) is 11.2. The van der Waals surface area contributed by atoms with Crippen LogP contribution < -0.4 is 5.32 Å². The second-order valence-electron chi connectivity index (χ2n) is 4.15. The zero-order chi connectivity index (χ0) is 15.4. The van der Waals surface area contributed by atoms with E-state index in [1.54, 1.807) is 4.57 Å². The number of nitrogens with zero attached hydrogens (tertiary/aromatic N) is 4. The molecule has 110 valence electrons. The Morgan fingerprint density at radius 1 is 1.52 bits per heavy atom. The van der Waals surface area contributed by atoms with Crippen LogP contribution in [-0.4, -0.2) is 30.8 Å². The maximum Gasteiger partial charge on any atom is 0.338 e. The van der Waals surface area contributed by atoms with Crippen molar-refractivity contribution in [2.45, 2.75) is 20.0 Å². The van der Waals surface area contributed by atoms with Gasteiger partial charge in [0.1, 0.15) is 12.0 Å². The van der Waals surface area contributed by atoms with Gasteiger partial charge in [-0.1, -0.05) is 6.07 Å². The Hall–Kier alpha value is -2.97. The molecular weight excluding hydrogens is 278 g/mol. The van der Waals surface area contributed by atoms with E-state index in [0.29, 0.717) is 12.4 Å². The van der Waals surface area contributed by atoms with Crippen LogP contribution in [0, 0.1) is 10.1 Å². The molecule has 2 aromatic rings. The second-order valence-corrected chi connectivity index (χ2v) is 4.15. The van der Waals surface area contributed by atoms with Gasteiger partial charge in [0.05, 0.1) is 17.0 Å². The van der Waals surface area contributed by atoms with Gasteiger partial charge in [-0.25, -0.2) is 4.79 Å². The van der Waals surface area contributed by atoms with Crippen LogP contribution in [0.5, 0.6) is 0 Å². The number of aryl methyl sites for hydroxylation is 1. The van der Waals surface area contributed by atoms with Gasteiger partial charge in [-0.05, 0) is 13.0 Å². The Kier molecular flexibility index (Phi) is 4.12. The van der Waals surface area contributed by atoms with Crippen LogP contribution in [-0.2, 0) is 13.1 Å². The minimum Gasteiger partial charge on any atom is -0.478 e. The summed E-state index contributed by atoms with van der Waals surface area (Å²) in [6.45, 7) is 2.69. The summed E-state index contributed by atoms with van der Waals surface area (Å²) in [5.74, 6) is -0.676. The summed E-state index contributed by atoms with van der Waals surface area (Å²) in [6, 6.07) is 3.89. The van der Waals surface area contributed by atoms with E-state index in [1.165, 1.54) is 24.5 Å². The topological polar surface area (TPSA) is 123 Å². The van der Waals surface area contributed by atoms with Gasteiger partial charge >= 0.3 is 5.97 Å². The molecule has 0 saturated carbocycles. The van der Waals surface area contributed by atoms with E-state index in [0.717, 1.165) is 0 Å². The lowest BCUT2D eigenvalue weighted by Gasteiger charge is -2.10. The van der Waals surface area contributed by atoms with E-state index in [-0.39, 0.29) is 23.5 Å². The summed E-state index contributed by atoms with van der Waals surface area (Å²) in [4.78, 5) is 21.6. The first-order chi connectivity index (χ1) is 10.0. The third kappa shape index (κ3) is 2.96. The number of para-hydroxylation sites is 1. The molecule has 0 fully saturated rings. The molecule has 0 atom stereocenters. The number of carboxylic acids is 1. The highest BCUT2D eigenvalue weighted by Crippen LogP contribution is 2.28. The second kappa shape index (κ2) is 5.99. The van der Waals surface area contributed by atoms with Crippen LogP contribution in [0.1, 0.15) is 23.1 Å². The predicted octanol–water partition coefficient (Wildman–Crippen LogP) is 1.52. The maximum atomic E-state index is 11.2. The number of aromatic nitrogens is 3. The molecule has 1 aromatic heterocycles. The quantitative estimate of drug-likeness (QED) is 0.610. The number of carbonyl (C=O) groups is 1. The van der Waals surface area contributed by atoms with Crippen molar-refractivity contribution >= 4 is 17.3 Å². The first kappa shape index (κ1) is 14.4. The number of rotatable bonds is 6. The fraction of sp³-hybridized carbons (Fsp3) is 0.250. The van der Waals surface area contributed by atoms with E-state index in [9.17, 15) is 14.9 Å². The van der Waals surface area contributed by atoms with Crippen LogP contribution in [0.15, 0.2) is 24.5 Å². The number of hydrogen-bond acceptors (Lipinski definition) is 6. The molecule has 0 aliphatic heterocycles. The van der Waals surface area contributed by atoms with E-state index in [1.807, 2.05) is 6.92 Å². The monoisotopic (exact) mass is 291 g/mol. The molecular formula is C12H13N5O4. The minimum absolute atomic E-state index is 0.0411. The predicted molar refractivity (Wildman–Crippen MR) is 73.1 cm³/mol. The molecule has 0 amide bonds. The molecule has 2 rings (SSSR count). The van der Waals surface area contributed by atoms with Gasteiger partial charge < -0.3 is 15.0 Å². The molecule has 1 heterocycles. The molecule has 0 bridgehead atoms. The molecule has 9 heteroatoms. The fourth-order valence-corrected chi connectivity index (χ4v) is 1.90. The van der Waals surface area contributed by atoms with Crippen molar-refractivity contribution in [3.8, 4) is 0 Å².